The summed E-state index contributed by atoms with van der Waals surface area (Å²) in [5.74, 6) is 1.87. The molecule has 2 aromatic heterocycles. The second-order valence-corrected chi connectivity index (χ2v) is 8.37. The Kier molecular flexibility index (Phi) is 5.40. The van der Waals surface area contributed by atoms with Gasteiger partial charge in [-0.25, -0.2) is 0 Å². The maximum atomic E-state index is 5.40. The summed E-state index contributed by atoms with van der Waals surface area (Å²) in [6.45, 7) is 1.51. The van der Waals surface area contributed by atoms with E-state index in [4.69, 9.17) is 9.47 Å². The number of tetrazole rings is 1. The Balaban J connectivity index is 1.42. The van der Waals surface area contributed by atoms with Gasteiger partial charge in [-0.3, -0.25) is 4.90 Å². The highest BCUT2D eigenvalue weighted by atomic mass is 32.1. The van der Waals surface area contributed by atoms with E-state index in [1.165, 1.54) is 16.0 Å². The molecule has 7 nitrogen and oxygen atoms in total. The monoisotopic (exact) mass is 433 g/mol. The van der Waals surface area contributed by atoms with Gasteiger partial charge in [0.05, 0.1) is 20.3 Å². The van der Waals surface area contributed by atoms with E-state index in [-0.39, 0.29) is 6.04 Å². The molecule has 3 heterocycles. The summed E-state index contributed by atoms with van der Waals surface area (Å²) in [5.41, 5.74) is 3.49. The van der Waals surface area contributed by atoms with Crippen LogP contribution in [0.5, 0.6) is 11.5 Å². The average Bonchev–Trinajstić information content (AvgIpc) is 3.49. The lowest BCUT2D eigenvalue weighted by molar-refractivity contribution is 0.146. The van der Waals surface area contributed by atoms with Gasteiger partial charge < -0.3 is 9.47 Å². The Bertz CT molecular complexity index is 1170. The number of rotatable bonds is 6. The van der Waals surface area contributed by atoms with Gasteiger partial charge in [0.15, 0.2) is 11.5 Å². The van der Waals surface area contributed by atoms with Crippen molar-refractivity contribution in [2.75, 3.05) is 20.8 Å². The minimum atomic E-state index is 0.187. The third-order valence-electron chi connectivity index (χ3n) is 5.58. The predicted octanol–water partition coefficient (Wildman–Crippen LogP) is 4.02. The molecule has 0 saturated heterocycles. The molecule has 0 saturated carbocycles. The fourth-order valence-corrected chi connectivity index (χ4v) is 5.01. The van der Waals surface area contributed by atoms with Crippen LogP contribution in [-0.4, -0.2) is 45.9 Å². The Morgan fingerprint density at radius 2 is 1.87 bits per heavy atom. The molecule has 5 rings (SSSR count). The molecule has 1 aliphatic heterocycles. The minimum absolute atomic E-state index is 0.187. The lowest BCUT2D eigenvalue weighted by atomic mass is 9.94. The molecule has 31 heavy (non-hydrogen) atoms. The first kappa shape index (κ1) is 19.7. The molecule has 4 aromatic rings. The van der Waals surface area contributed by atoms with Crippen molar-refractivity contribution in [1.29, 1.82) is 0 Å². The zero-order valence-electron chi connectivity index (χ0n) is 17.4. The van der Waals surface area contributed by atoms with Gasteiger partial charge in [0.1, 0.15) is 6.67 Å². The molecule has 0 amide bonds. The van der Waals surface area contributed by atoms with E-state index in [1.807, 2.05) is 29.5 Å². The second-order valence-electron chi connectivity index (χ2n) is 7.37. The van der Waals surface area contributed by atoms with E-state index in [1.54, 1.807) is 19.0 Å². The van der Waals surface area contributed by atoms with E-state index in [9.17, 15) is 0 Å². The Morgan fingerprint density at radius 3 is 2.68 bits per heavy atom. The van der Waals surface area contributed by atoms with Gasteiger partial charge in [-0.1, -0.05) is 30.3 Å². The molecule has 1 unspecified atom stereocenters. The molecule has 2 aromatic carbocycles. The van der Waals surface area contributed by atoms with E-state index in [0.29, 0.717) is 24.0 Å². The van der Waals surface area contributed by atoms with Crippen LogP contribution in [0.2, 0.25) is 0 Å². The SMILES string of the molecule is COc1ccc(-c2nnn(CN3CCc4sccc4C3c3ccccc3)n2)cc1OC. The number of hydrogen-bond acceptors (Lipinski definition) is 7. The van der Waals surface area contributed by atoms with Crippen LogP contribution < -0.4 is 9.47 Å². The van der Waals surface area contributed by atoms with Crippen molar-refractivity contribution in [2.45, 2.75) is 19.1 Å². The molecular weight excluding hydrogens is 410 g/mol. The molecule has 1 aliphatic rings. The third-order valence-corrected chi connectivity index (χ3v) is 6.58. The molecule has 0 N–H and O–H groups in total. The number of thiophene rings is 1. The molecule has 0 radical (unpaired) electrons. The standard InChI is InChI=1S/C23H23N5O2S/c1-29-19-9-8-17(14-20(19)30-2)23-24-26-28(25-23)15-27-12-10-21-18(11-13-31-21)22(27)16-6-4-3-5-7-16/h3-9,11,13-14,22H,10,12,15H2,1-2H3. The lowest BCUT2D eigenvalue weighted by Gasteiger charge is -2.35. The third kappa shape index (κ3) is 3.80. The van der Waals surface area contributed by atoms with Gasteiger partial charge in [-0.2, -0.15) is 0 Å². The number of fused-ring (bicyclic) bond motifs is 1. The first-order valence-electron chi connectivity index (χ1n) is 10.1. The summed E-state index contributed by atoms with van der Waals surface area (Å²) in [4.78, 5) is 5.53. The summed E-state index contributed by atoms with van der Waals surface area (Å²) in [7, 11) is 3.23. The van der Waals surface area contributed by atoms with Gasteiger partial charge in [0, 0.05) is 17.0 Å². The van der Waals surface area contributed by atoms with Crippen molar-refractivity contribution < 1.29 is 9.47 Å². The number of aromatic nitrogens is 4. The Labute approximate surface area is 184 Å². The van der Waals surface area contributed by atoms with Gasteiger partial charge in [0.2, 0.25) is 5.82 Å². The molecule has 1 atom stereocenters. The summed E-state index contributed by atoms with van der Waals surface area (Å²) in [6.07, 6.45) is 1.04. The number of methoxy groups -OCH3 is 2. The summed E-state index contributed by atoms with van der Waals surface area (Å²) < 4.78 is 10.7. The molecule has 0 fully saturated rings. The van der Waals surface area contributed by atoms with Crippen LogP contribution in [0, 0.1) is 0 Å². The van der Waals surface area contributed by atoms with Gasteiger partial charge in [-0.05, 0) is 52.4 Å². The Hall–Kier alpha value is -3.23. The van der Waals surface area contributed by atoms with E-state index in [0.717, 1.165) is 18.5 Å². The predicted molar refractivity (Wildman–Crippen MR) is 119 cm³/mol. The van der Waals surface area contributed by atoms with Crippen LogP contribution in [0.3, 0.4) is 0 Å². The fraction of sp³-hybridized carbons (Fsp3) is 0.261. The van der Waals surface area contributed by atoms with Crippen molar-refractivity contribution in [2.24, 2.45) is 0 Å². The van der Waals surface area contributed by atoms with Crippen molar-refractivity contribution in [1.82, 2.24) is 25.1 Å². The van der Waals surface area contributed by atoms with E-state index >= 15 is 0 Å². The maximum Gasteiger partial charge on any atom is 0.205 e. The highest BCUT2D eigenvalue weighted by Crippen LogP contribution is 2.38. The smallest absolute Gasteiger partial charge is 0.205 e. The van der Waals surface area contributed by atoms with E-state index in [2.05, 4.69) is 62.1 Å². The Morgan fingerprint density at radius 1 is 1.03 bits per heavy atom. The van der Waals surface area contributed by atoms with Crippen LogP contribution in [0.4, 0.5) is 0 Å². The second kappa shape index (κ2) is 8.49. The highest BCUT2D eigenvalue weighted by Gasteiger charge is 2.30. The number of hydrogen-bond donors (Lipinski definition) is 0. The number of nitrogens with zero attached hydrogens (tertiary/aromatic N) is 5. The van der Waals surface area contributed by atoms with Crippen molar-refractivity contribution >= 4 is 11.3 Å². The van der Waals surface area contributed by atoms with Gasteiger partial charge in [0.25, 0.3) is 0 Å². The normalized spacial score (nSPS) is 16.1. The molecule has 8 heteroatoms. The molecule has 0 spiro atoms. The molecule has 0 aliphatic carbocycles. The zero-order chi connectivity index (χ0) is 21.2. The topological polar surface area (TPSA) is 65.3 Å². The van der Waals surface area contributed by atoms with Crippen molar-refractivity contribution in [3.8, 4) is 22.9 Å². The van der Waals surface area contributed by atoms with Crippen LogP contribution in [0.25, 0.3) is 11.4 Å². The molecule has 0 bridgehead atoms. The van der Waals surface area contributed by atoms with Crippen LogP contribution in [-0.2, 0) is 13.1 Å². The first-order chi connectivity index (χ1) is 15.3. The lowest BCUT2D eigenvalue weighted by Crippen LogP contribution is -2.37. The summed E-state index contributed by atoms with van der Waals surface area (Å²) in [6, 6.07) is 18.7. The highest BCUT2D eigenvalue weighted by molar-refractivity contribution is 7.10. The van der Waals surface area contributed by atoms with Crippen molar-refractivity contribution in [3.05, 3.63) is 76.0 Å². The zero-order valence-corrected chi connectivity index (χ0v) is 18.2. The average molecular weight is 434 g/mol. The first-order valence-corrected chi connectivity index (χ1v) is 11.0. The quantitative estimate of drug-likeness (QED) is 0.458. The van der Waals surface area contributed by atoms with Gasteiger partial charge >= 0.3 is 0 Å². The largest absolute Gasteiger partial charge is 0.493 e. The van der Waals surface area contributed by atoms with E-state index < -0.39 is 0 Å². The van der Waals surface area contributed by atoms with Crippen LogP contribution in [0.15, 0.2) is 60.0 Å². The summed E-state index contributed by atoms with van der Waals surface area (Å²) in [5, 5.41) is 15.4. The fourth-order valence-electron chi connectivity index (χ4n) is 4.10. The van der Waals surface area contributed by atoms with Crippen LogP contribution >= 0.6 is 11.3 Å². The molecule has 158 valence electrons. The number of ether oxygens (including phenoxy) is 2. The maximum absolute atomic E-state index is 5.40. The van der Waals surface area contributed by atoms with Crippen molar-refractivity contribution in [3.63, 3.8) is 0 Å². The number of benzene rings is 2. The summed E-state index contributed by atoms with van der Waals surface area (Å²) >= 11 is 1.84. The minimum Gasteiger partial charge on any atom is -0.493 e. The van der Waals surface area contributed by atoms with Crippen LogP contribution in [0.1, 0.15) is 22.0 Å². The molecular formula is C23H23N5O2S. The van der Waals surface area contributed by atoms with Gasteiger partial charge in [-0.15, -0.1) is 26.3 Å².